The highest BCUT2D eigenvalue weighted by molar-refractivity contribution is 5.91. The SMILES string of the molecule is C[C@@H](NC(=O)CC1CCCCC1)C(=O)N[C@H](C(N)=O)c1ccccc1. The van der Waals surface area contributed by atoms with Gasteiger partial charge < -0.3 is 16.4 Å². The first-order chi connectivity index (χ1) is 12.0. The molecule has 2 rings (SSSR count). The van der Waals surface area contributed by atoms with Gasteiger partial charge in [-0.05, 0) is 31.2 Å². The number of rotatable bonds is 7. The third-order valence-corrected chi connectivity index (χ3v) is 4.67. The van der Waals surface area contributed by atoms with Crippen molar-refractivity contribution < 1.29 is 14.4 Å². The van der Waals surface area contributed by atoms with E-state index in [0.29, 0.717) is 17.9 Å². The molecule has 0 spiro atoms. The fourth-order valence-electron chi connectivity index (χ4n) is 3.25. The summed E-state index contributed by atoms with van der Waals surface area (Å²) in [7, 11) is 0. The molecule has 0 aliphatic heterocycles. The molecule has 4 N–H and O–H groups in total. The average molecular weight is 345 g/mol. The highest BCUT2D eigenvalue weighted by atomic mass is 16.2. The zero-order chi connectivity index (χ0) is 18.2. The van der Waals surface area contributed by atoms with E-state index in [0.717, 1.165) is 12.8 Å². The summed E-state index contributed by atoms with van der Waals surface area (Å²) in [5, 5.41) is 5.33. The molecule has 1 fully saturated rings. The van der Waals surface area contributed by atoms with Crippen molar-refractivity contribution in [1.82, 2.24) is 10.6 Å². The van der Waals surface area contributed by atoms with Crippen molar-refractivity contribution in [1.29, 1.82) is 0 Å². The van der Waals surface area contributed by atoms with E-state index in [1.165, 1.54) is 19.3 Å². The number of amides is 3. The van der Waals surface area contributed by atoms with E-state index in [1.807, 2.05) is 6.07 Å². The number of nitrogens with one attached hydrogen (secondary N) is 2. The lowest BCUT2D eigenvalue weighted by Crippen LogP contribution is -2.48. The molecule has 1 aliphatic carbocycles. The number of carbonyl (C=O) groups is 3. The average Bonchev–Trinajstić information content (AvgIpc) is 2.60. The van der Waals surface area contributed by atoms with E-state index in [-0.39, 0.29) is 5.91 Å². The van der Waals surface area contributed by atoms with Crippen LogP contribution < -0.4 is 16.4 Å². The first-order valence-electron chi connectivity index (χ1n) is 8.91. The Labute approximate surface area is 148 Å². The molecular weight excluding hydrogens is 318 g/mol. The molecule has 1 saturated carbocycles. The fourth-order valence-corrected chi connectivity index (χ4v) is 3.25. The molecular formula is C19H27N3O3. The number of carbonyl (C=O) groups excluding carboxylic acids is 3. The summed E-state index contributed by atoms with van der Waals surface area (Å²) >= 11 is 0. The maximum Gasteiger partial charge on any atom is 0.244 e. The number of primary amides is 1. The van der Waals surface area contributed by atoms with Gasteiger partial charge in [0, 0.05) is 6.42 Å². The van der Waals surface area contributed by atoms with Crippen molar-refractivity contribution in [3.8, 4) is 0 Å². The molecule has 1 aromatic carbocycles. The molecule has 136 valence electrons. The van der Waals surface area contributed by atoms with Crippen molar-refractivity contribution in [3.63, 3.8) is 0 Å². The summed E-state index contributed by atoms with van der Waals surface area (Å²) in [5.41, 5.74) is 6.02. The van der Waals surface area contributed by atoms with Gasteiger partial charge in [-0.15, -0.1) is 0 Å². The fraction of sp³-hybridized carbons (Fsp3) is 0.526. The number of benzene rings is 1. The predicted octanol–water partition coefficient (Wildman–Crippen LogP) is 1.80. The van der Waals surface area contributed by atoms with E-state index in [4.69, 9.17) is 5.73 Å². The van der Waals surface area contributed by atoms with Gasteiger partial charge in [0.25, 0.3) is 0 Å². The minimum absolute atomic E-state index is 0.120. The van der Waals surface area contributed by atoms with Gasteiger partial charge in [0.1, 0.15) is 12.1 Å². The zero-order valence-corrected chi connectivity index (χ0v) is 14.7. The van der Waals surface area contributed by atoms with Gasteiger partial charge in [-0.3, -0.25) is 14.4 Å². The number of nitrogens with two attached hydrogens (primary N) is 1. The number of hydrogen-bond acceptors (Lipinski definition) is 3. The topological polar surface area (TPSA) is 101 Å². The van der Waals surface area contributed by atoms with E-state index >= 15 is 0 Å². The third-order valence-electron chi connectivity index (χ3n) is 4.67. The van der Waals surface area contributed by atoms with Crippen molar-refractivity contribution in [2.45, 2.75) is 57.5 Å². The monoisotopic (exact) mass is 345 g/mol. The largest absolute Gasteiger partial charge is 0.368 e. The van der Waals surface area contributed by atoms with Crippen LogP contribution in [0.3, 0.4) is 0 Å². The Morgan fingerprint density at radius 2 is 1.72 bits per heavy atom. The lowest BCUT2D eigenvalue weighted by atomic mass is 9.87. The first kappa shape index (κ1) is 19.0. The molecule has 0 unspecified atom stereocenters. The number of hydrogen-bond donors (Lipinski definition) is 3. The van der Waals surface area contributed by atoms with Crippen LogP contribution in [0.5, 0.6) is 0 Å². The van der Waals surface area contributed by atoms with Gasteiger partial charge in [-0.1, -0.05) is 49.6 Å². The van der Waals surface area contributed by atoms with Gasteiger partial charge in [-0.25, -0.2) is 0 Å². The van der Waals surface area contributed by atoms with Crippen LogP contribution in [0.4, 0.5) is 0 Å². The molecule has 0 heterocycles. The van der Waals surface area contributed by atoms with Crippen LogP contribution in [-0.2, 0) is 14.4 Å². The highest BCUT2D eigenvalue weighted by Crippen LogP contribution is 2.26. The van der Waals surface area contributed by atoms with E-state index in [1.54, 1.807) is 31.2 Å². The zero-order valence-electron chi connectivity index (χ0n) is 14.7. The predicted molar refractivity (Wildman–Crippen MR) is 95.3 cm³/mol. The van der Waals surface area contributed by atoms with Crippen molar-refractivity contribution in [3.05, 3.63) is 35.9 Å². The minimum Gasteiger partial charge on any atom is -0.368 e. The molecule has 2 atom stereocenters. The molecule has 25 heavy (non-hydrogen) atoms. The maximum absolute atomic E-state index is 12.3. The van der Waals surface area contributed by atoms with Crippen LogP contribution in [0.1, 0.15) is 57.1 Å². The maximum atomic E-state index is 12.3. The van der Waals surface area contributed by atoms with Gasteiger partial charge in [0.2, 0.25) is 17.7 Å². The second-order valence-corrected chi connectivity index (χ2v) is 6.75. The van der Waals surface area contributed by atoms with Gasteiger partial charge in [0.05, 0.1) is 0 Å². The Morgan fingerprint density at radius 3 is 2.32 bits per heavy atom. The van der Waals surface area contributed by atoms with Gasteiger partial charge >= 0.3 is 0 Å². The minimum atomic E-state index is -0.911. The van der Waals surface area contributed by atoms with E-state index in [9.17, 15) is 14.4 Å². The molecule has 0 radical (unpaired) electrons. The normalized spacial score (nSPS) is 17.3. The highest BCUT2D eigenvalue weighted by Gasteiger charge is 2.25. The standard InChI is InChI=1S/C19H27N3O3/c1-13(21-16(23)12-14-8-4-2-5-9-14)19(25)22-17(18(20)24)15-10-6-3-7-11-15/h3,6-7,10-11,13-14,17H,2,4-5,8-9,12H2,1H3,(H2,20,24)(H,21,23)(H,22,25)/t13-,17+/m1/s1. The van der Waals surface area contributed by atoms with Gasteiger partial charge in [-0.2, -0.15) is 0 Å². The first-order valence-corrected chi connectivity index (χ1v) is 8.91. The molecule has 1 aromatic rings. The van der Waals surface area contributed by atoms with Gasteiger partial charge in [0.15, 0.2) is 0 Å². The van der Waals surface area contributed by atoms with Crippen LogP contribution >= 0.6 is 0 Å². The van der Waals surface area contributed by atoms with Crippen molar-refractivity contribution in [2.24, 2.45) is 11.7 Å². The summed E-state index contributed by atoms with van der Waals surface area (Å²) in [5.74, 6) is -0.776. The van der Waals surface area contributed by atoms with Crippen LogP contribution in [0.15, 0.2) is 30.3 Å². The Bertz CT molecular complexity index is 597. The lowest BCUT2D eigenvalue weighted by molar-refractivity contribution is -0.131. The Kier molecular flexibility index (Phi) is 6.98. The molecule has 1 aliphatic rings. The van der Waals surface area contributed by atoms with E-state index < -0.39 is 23.9 Å². The second kappa shape index (κ2) is 9.20. The van der Waals surface area contributed by atoms with Crippen molar-refractivity contribution >= 4 is 17.7 Å². The summed E-state index contributed by atoms with van der Waals surface area (Å²) < 4.78 is 0. The van der Waals surface area contributed by atoms with Crippen LogP contribution in [0.2, 0.25) is 0 Å². The molecule has 0 saturated heterocycles. The smallest absolute Gasteiger partial charge is 0.244 e. The lowest BCUT2D eigenvalue weighted by Gasteiger charge is -2.23. The van der Waals surface area contributed by atoms with Crippen LogP contribution in [0.25, 0.3) is 0 Å². The second-order valence-electron chi connectivity index (χ2n) is 6.75. The Morgan fingerprint density at radius 1 is 1.08 bits per heavy atom. The molecule has 0 aromatic heterocycles. The van der Waals surface area contributed by atoms with E-state index in [2.05, 4.69) is 10.6 Å². The Hall–Kier alpha value is -2.37. The molecule has 6 nitrogen and oxygen atoms in total. The molecule has 6 heteroatoms. The molecule has 3 amide bonds. The third kappa shape index (κ3) is 5.89. The summed E-state index contributed by atoms with van der Waals surface area (Å²) in [6, 6.07) is 7.18. The summed E-state index contributed by atoms with van der Waals surface area (Å²) in [6.07, 6.45) is 6.19. The quantitative estimate of drug-likeness (QED) is 0.702. The van der Waals surface area contributed by atoms with Crippen LogP contribution in [0, 0.1) is 5.92 Å². The Balaban J connectivity index is 1.87. The molecule has 0 bridgehead atoms. The summed E-state index contributed by atoms with van der Waals surface area (Å²) in [4.78, 5) is 36.1. The van der Waals surface area contributed by atoms with Crippen LogP contribution in [-0.4, -0.2) is 23.8 Å². The summed E-state index contributed by atoms with van der Waals surface area (Å²) in [6.45, 7) is 1.61. The van der Waals surface area contributed by atoms with Crippen molar-refractivity contribution in [2.75, 3.05) is 0 Å².